The van der Waals surface area contributed by atoms with Crippen LogP contribution in [0.15, 0.2) is 48.8 Å². The fourth-order valence-electron chi connectivity index (χ4n) is 6.41. The Bertz CT molecular complexity index is 1180. The predicted octanol–water partition coefficient (Wildman–Crippen LogP) is 3.61. The Balaban J connectivity index is 1.25. The number of hydrogen-bond donors (Lipinski definition) is 0. The van der Waals surface area contributed by atoms with Gasteiger partial charge < -0.3 is 19.4 Å². The lowest BCUT2D eigenvalue weighted by Gasteiger charge is -2.47. The molecule has 1 aromatic carbocycles. The summed E-state index contributed by atoms with van der Waals surface area (Å²) in [5, 5.41) is 7.94. The zero-order chi connectivity index (χ0) is 24.4. The number of methoxy groups -OCH3 is 1. The van der Waals surface area contributed by atoms with Crippen molar-refractivity contribution in [3.05, 3.63) is 65.7 Å². The van der Waals surface area contributed by atoms with Gasteiger partial charge in [-0.05, 0) is 49.3 Å². The van der Waals surface area contributed by atoms with Crippen LogP contribution in [0.3, 0.4) is 0 Å². The lowest BCUT2D eigenvalue weighted by Crippen LogP contribution is -2.49. The first-order valence-corrected chi connectivity index (χ1v) is 13.2. The summed E-state index contributed by atoms with van der Waals surface area (Å²) in [5.74, 6) is 2.80. The molecule has 8 nitrogen and oxygen atoms in total. The summed E-state index contributed by atoms with van der Waals surface area (Å²) in [7, 11) is 1.71. The molecule has 2 aliphatic heterocycles. The van der Waals surface area contributed by atoms with Gasteiger partial charge in [0.25, 0.3) is 0 Å². The molecule has 188 valence electrons. The molecule has 3 aliphatic rings. The van der Waals surface area contributed by atoms with E-state index in [2.05, 4.69) is 55.2 Å². The van der Waals surface area contributed by atoms with Gasteiger partial charge in [0.15, 0.2) is 5.82 Å². The van der Waals surface area contributed by atoms with E-state index in [1.54, 1.807) is 18.9 Å². The van der Waals surface area contributed by atoms with E-state index < -0.39 is 0 Å². The van der Waals surface area contributed by atoms with Crippen LogP contribution < -0.4 is 14.7 Å². The van der Waals surface area contributed by atoms with Gasteiger partial charge in [-0.3, -0.25) is 0 Å². The molecule has 0 N–H and O–H groups in total. The fourth-order valence-corrected chi connectivity index (χ4v) is 6.41. The smallest absolute Gasteiger partial charge is 0.158 e. The van der Waals surface area contributed by atoms with Gasteiger partial charge in [-0.25, -0.2) is 9.97 Å². The number of benzene rings is 1. The first-order valence-electron chi connectivity index (χ1n) is 13.2. The van der Waals surface area contributed by atoms with E-state index in [4.69, 9.17) is 14.7 Å². The van der Waals surface area contributed by atoms with Gasteiger partial charge in [-0.1, -0.05) is 24.3 Å². The highest BCUT2D eigenvalue weighted by molar-refractivity contribution is 5.54. The summed E-state index contributed by atoms with van der Waals surface area (Å²) in [4.78, 5) is 17.1. The number of rotatable bonds is 5. The van der Waals surface area contributed by atoms with Gasteiger partial charge >= 0.3 is 0 Å². The zero-order valence-electron chi connectivity index (χ0n) is 21.1. The number of piperazine rings is 1. The Morgan fingerprint density at radius 3 is 2.44 bits per heavy atom. The summed E-state index contributed by atoms with van der Waals surface area (Å²) in [5.41, 5.74) is 4.45. The molecule has 1 spiro atoms. The molecule has 1 atom stereocenters. The van der Waals surface area contributed by atoms with Gasteiger partial charge in [0.1, 0.15) is 18.2 Å². The molecule has 8 heteroatoms. The molecule has 4 heterocycles. The maximum absolute atomic E-state index is 5.46. The normalized spacial score (nSPS) is 22.1. The van der Waals surface area contributed by atoms with Crippen LogP contribution in [0.2, 0.25) is 0 Å². The number of nitrogens with zero attached hydrogens (tertiary/aromatic N) is 7. The molecule has 0 saturated carbocycles. The number of piperidine rings is 1. The standard InChI is InChI=1S/C28H35N7O/c1-36-20-25-31-26(34-16-14-33(15-17-34)23-9-12-29-30-19-23)18-27(32-25)35-13-5-11-28(21-35)10-4-7-22-6-2-3-8-24(22)28/h2-3,6,8-9,12,18-19H,4-5,7,10-11,13-17,20-21H2,1H3. The lowest BCUT2D eigenvalue weighted by molar-refractivity contribution is 0.178. The van der Waals surface area contributed by atoms with Crippen LogP contribution >= 0.6 is 0 Å². The van der Waals surface area contributed by atoms with Gasteiger partial charge in [0.05, 0.1) is 18.1 Å². The number of aryl methyl sites for hydroxylation is 1. The molecule has 0 bridgehead atoms. The van der Waals surface area contributed by atoms with Crippen LogP contribution in [0.1, 0.15) is 42.6 Å². The highest BCUT2D eigenvalue weighted by atomic mass is 16.5. The van der Waals surface area contributed by atoms with Crippen molar-refractivity contribution >= 4 is 17.3 Å². The monoisotopic (exact) mass is 485 g/mol. The molecular formula is C28H35N7O. The third kappa shape index (κ3) is 4.50. The van der Waals surface area contributed by atoms with Crippen LogP contribution in [0.25, 0.3) is 0 Å². The highest BCUT2D eigenvalue weighted by Gasteiger charge is 2.40. The van der Waals surface area contributed by atoms with E-state index in [-0.39, 0.29) is 5.41 Å². The van der Waals surface area contributed by atoms with E-state index in [9.17, 15) is 0 Å². The van der Waals surface area contributed by atoms with Crippen molar-refractivity contribution in [1.29, 1.82) is 0 Å². The molecule has 1 aliphatic carbocycles. The number of aromatic nitrogens is 4. The second-order valence-electron chi connectivity index (χ2n) is 10.3. The average molecular weight is 486 g/mol. The molecule has 2 aromatic heterocycles. The van der Waals surface area contributed by atoms with E-state index in [0.29, 0.717) is 6.61 Å². The minimum absolute atomic E-state index is 0.226. The summed E-state index contributed by atoms with van der Waals surface area (Å²) < 4.78 is 5.46. The Morgan fingerprint density at radius 1 is 0.861 bits per heavy atom. The van der Waals surface area contributed by atoms with Crippen molar-refractivity contribution in [2.24, 2.45) is 0 Å². The SMILES string of the molecule is COCc1nc(N2CCN(c3ccnnc3)CC2)cc(N2CCCC3(CCCc4ccccc43)C2)n1. The molecule has 2 saturated heterocycles. The van der Waals surface area contributed by atoms with Gasteiger partial charge in [-0.2, -0.15) is 10.2 Å². The maximum atomic E-state index is 5.46. The van der Waals surface area contributed by atoms with Gasteiger partial charge in [-0.15, -0.1) is 0 Å². The number of ether oxygens (including phenoxy) is 1. The van der Waals surface area contributed by atoms with Crippen molar-refractivity contribution in [3.63, 3.8) is 0 Å². The summed E-state index contributed by atoms with van der Waals surface area (Å²) >= 11 is 0. The van der Waals surface area contributed by atoms with Gasteiger partial charge in [0, 0.05) is 57.9 Å². The van der Waals surface area contributed by atoms with Crippen LogP contribution in [-0.4, -0.2) is 66.5 Å². The van der Waals surface area contributed by atoms with Gasteiger partial charge in [0.2, 0.25) is 0 Å². The Labute approximate surface area is 213 Å². The van der Waals surface area contributed by atoms with Crippen LogP contribution in [0.4, 0.5) is 17.3 Å². The molecule has 3 aromatic rings. The Kier molecular flexibility index (Phi) is 6.44. The first kappa shape index (κ1) is 23.2. The third-order valence-corrected chi connectivity index (χ3v) is 8.15. The minimum Gasteiger partial charge on any atom is -0.377 e. The third-order valence-electron chi connectivity index (χ3n) is 8.15. The Hall–Kier alpha value is -3.26. The first-order chi connectivity index (χ1) is 17.7. The van der Waals surface area contributed by atoms with E-state index in [1.165, 1.54) is 37.7 Å². The molecule has 2 fully saturated rings. The van der Waals surface area contributed by atoms with Crippen LogP contribution in [0.5, 0.6) is 0 Å². The minimum atomic E-state index is 0.226. The topological polar surface area (TPSA) is 70.5 Å². The van der Waals surface area contributed by atoms with Crippen molar-refractivity contribution < 1.29 is 4.74 Å². The van der Waals surface area contributed by atoms with E-state index >= 15 is 0 Å². The van der Waals surface area contributed by atoms with Crippen LogP contribution in [0, 0.1) is 0 Å². The molecular weight excluding hydrogens is 450 g/mol. The van der Waals surface area contributed by atoms with Crippen molar-refractivity contribution in [3.8, 4) is 0 Å². The predicted molar refractivity (Wildman–Crippen MR) is 142 cm³/mol. The van der Waals surface area contributed by atoms with Crippen molar-refractivity contribution in [2.45, 2.75) is 44.1 Å². The molecule has 1 unspecified atom stereocenters. The largest absolute Gasteiger partial charge is 0.377 e. The van der Waals surface area contributed by atoms with Crippen LogP contribution in [-0.2, 0) is 23.2 Å². The molecule has 0 amide bonds. The summed E-state index contributed by atoms with van der Waals surface area (Å²) in [6.07, 6.45) is 9.77. The van der Waals surface area contributed by atoms with E-state index in [0.717, 1.165) is 62.4 Å². The lowest BCUT2D eigenvalue weighted by atomic mass is 9.66. The number of hydrogen-bond acceptors (Lipinski definition) is 8. The quantitative estimate of drug-likeness (QED) is 0.543. The number of fused-ring (bicyclic) bond motifs is 2. The zero-order valence-corrected chi connectivity index (χ0v) is 21.1. The second-order valence-corrected chi connectivity index (χ2v) is 10.3. The number of anilines is 3. The average Bonchev–Trinajstić information content (AvgIpc) is 2.94. The summed E-state index contributed by atoms with van der Waals surface area (Å²) in [6.45, 7) is 6.14. The van der Waals surface area contributed by atoms with E-state index in [1.807, 2.05) is 12.3 Å². The molecule has 0 radical (unpaired) electrons. The van der Waals surface area contributed by atoms with Crippen molar-refractivity contribution in [2.75, 3.05) is 61.1 Å². The maximum Gasteiger partial charge on any atom is 0.158 e. The summed E-state index contributed by atoms with van der Waals surface area (Å²) in [6, 6.07) is 13.3. The Morgan fingerprint density at radius 2 is 1.64 bits per heavy atom. The van der Waals surface area contributed by atoms with Crippen molar-refractivity contribution in [1.82, 2.24) is 20.2 Å². The second kappa shape index (κ2) is 10.0. The molecule has 36 heavy (non-hydrogen) atoms. The highest BCUT2D eigenvalue weighted by Crippen LogP contribution is 2.44. The fraction of sp³-hybridized carbons (Fsp3) is 0.500. The molecule has 6 rings (SSSR count).